The molecule has 1 heterocycles. The first-order valence-electron chi connectivity index (χ1n) is 9.58. The Bertz CT molecular complexity index is 1060. The minimum Gasteiger partial charge on any atom is -0.288 e. The van der Waals surface area contributed by atoms with E-state index in [1.165, 1.54) is 6.42 Å². The molecule has 3 aromatic rings. The number of carbonyl (C=O) groups excluding carboxylic acids is 1. The van der Waals surface area contributed by atoms with Crippen LogP contribution in [0.2, 0.25) is 0 Å². The minimum absolute atomic E-state index is 0.0838. The predicted molar refractivity (Wildman–Crippen MR) is 114 cm³/mol. The molecule has 0 spiro atoms. The Morgan fingerprint density at radius 3 is 2.25 bits per heavy atom. The molecule has 0 N–H and O–H groups in total. The van der Waals surface area contributed by atoms with Crippen LogP contribution >= 0.6 is 12.2 Å². The fraction of sp³-hybridized carbons (Fsp3) is 0.217. The maximum atomic E-state index is 13.3. The van der Waals surface area contributed by atoms with Gasteiger partial charge in [0.2, 0.25) is 4.77 Å². The number of hydrogen-bond donors (Lipinski definition) is 0. The lowest BCUT2D eigenvalue weighted by molar-refractivity contribution is 0.103. The Labute approximate surface area is 169 Å². The Kier molecular flexibility index (Phi) is 5.53. The van der Waals surface area contributed by atoms with Crippen LogP contribution in [-0.2, 0) is 0 Å². The molecule has 1 fully saturated rings. The van der Waals surface area contributed by atoms with Gasteiger partial charge in [0.25, 0.3) is 0 Å². The molecule has 0 amide bonds. The molecule has 1 aliphatic rings. The molecule has 140 valence electrons. The van der Waals surface area contributed by atoms with Gasteiger partial charge in [-0.3, -0.25) is 4.79 Å². The van der Waals surface area contributed by atoms with Crippen LogP contribution in [0, 0.1) is 4.77 Å². The van der Waals surface area contributed by atoms with Crippen molar-refractivity contribution in [1.29, 1.82) is 0 Å². The summed E-state index contributed by atoms with van der Waals surface area (Å²) < 4.78 is 1.96. The zero-order valence-corrected chi connectivity index (χ0v) is 16.4. The fourth-order valence-corrected chi connectivity index (χ4v) is 3.64. The highest BCUT2D eigenvalue weighted by atomic mass is 32.1. The van der Waals surface area contributed by atoms with Crippen LogP contribution in [0.4, 0.5) is 0 Å². The molecule has 0 saturated heterocycles. The number of hydrogen-bond acceptors (Lipinski definition) is 4. The van der Waals surface area contributed by atoms with E-state index in [9.17, 15) is 4.79 Å². The maximum Gasteiger partial charge on any atom is 0.220 e. The Morgan fingerprint density at radius 1 is 0.929 bits per heavy atom. The molecule has 0 unspecified atom stereocenters. The molecule has 1 aliphatic carbocycles. The summed E-state index contributed by atoms with van der Waals surface area (Å²) in [5, 5.41) is 4.70. The number of aromatic nitrogens is 2. The van der Waals surface area contributed by atoms with Crippen LogP contribution in [-0.4, -0.2) is 21.2 Å². The number of rotatable bonds is 4. The Hall–Kier alpha value is -2.92. The van der Waals surface area contributed by atoms with Crippen molar-refractivity contribution in [2.24, 2.45) is 5.10 Å². The standard InChI is InChI=1S/C23H21N3OS/c27-22(18-12-6-2-7-13-18)20-16-26(25-19-14-8-3-9-15-19)23(28)24-21(20)17-10-4-1-5-11-17/h1-2,4-7,10-13,16H,3,8-9,14-15H2. The highest BCUT2D eigenvalue weighted by Gasteiger charge is 2.18. The van der Waals surface area contributed by atoms with Crippen molar-refractivity contribution in [2.75, 3.05) is 0 Å². The number of ketones is 1. The molecule has 28 heavy (non-hydrogen) atoms. The Morgan fingerprint density at radius 2 is 1.57 bits per heavy atom. The van der Waals surface area contributed by atoms with Crippen molar-refractivity contribution >= 4 is 23.7 Å². The number of benzene rings is 2. The summed E-state index contributed by atoms with van der Waals surface area (Å²) in [6, 6.07) is 18.9. The summed E-state index contributed by atoms with van der Waals surface area (Å²) in [5.74, 6) is -0.0838. The maximum absolute atomic E-state index is 13.3. The van der Waals surface area contributed by atoms with Crippen molar-refractivity contribution in [2.45, 2.75) is 32.1 Å². The summed E-state index contributed by atoms with van der Waals surface area (Å²) in [7, 11) is 0. The normalized spacial score (nSPS) is 13.9. The predicted octanol–water partition coefficient (Wildman–Crippen LogP) is 5.68. The van der Waals surface area contributed by atoms with Crippen molar-refractivity contribution in [1.82, 2.24) is 9.66 Å². The molecule has 0 aliphatic heterocycles. The van der Waals surface area contributed by atoms with E-state index < -0.39 is 0 Å². The molecular formula is C23H21N3OS. The third-order valence-corrected chi connectivity index (χ3v) is 5.20. The van der Waals surface area contributed by atoms with Crippen LogP contribution in [0.3, 0.4) is 0 Å². The van der Waals surface area contributed by atoms with E-state index in [-0.39, 0.29) is 5.78 Å². The zero-order valence-electron chi connectivity index (χ0n) is 15.5. The summed E-state index contributed by atoms with van der Waals surface area (Å²) in [4.78, 5) is 17.9. The van der Waals surface area contributed by atoms with Crippen LogP contribution < -0.4 is 0 Å². The summed E-state index contributed by atoms with van der Waals surface area (Å²) in [5.41, 5.74) is 3.71. The number of nitrogens with zero attached hydrogens (tertiary/aromatic N) is 3. The van der Waals surface area contributed by atoms with Gasteiger partial charge in [-0.1, -0.05) is 67.1 Å². The summed E-state index contributed by atoms with van der Waals surface area (Å²) >= 11 is 5.50. The second kappa shape index (κ2) is 8.40. The third-order valence-electron chi connectivity index (χ3n) is 4.92. The van der Waals surface area contributed by atoms with E-state index in [1.54, 1.807) is 10.9 Å². The highest BCUT2D eigenvalue weighted by Crippen LogP contribution is 2.24. The number of carbonyl (C=O) groups is 1. The van der Waals surface area contributed by atoms with Crippen molar-refractivity contribution < 1.29 is 4.79 Å². The lowest BCUT2D eigenvalue weighted by Crippen LogP contribution is -2.12. The summed E-state index contributed by atoms with van der Waals surface area (Å²) in [6.45, 7) is 0. The van der Waals surface area contributed by atoms with E-state index >= 15 is 0 Å². The van der Waals surface area contributed by atoms with Gasteiger partial charge in [-0.05, 0) is 37.9 Å². The van der Waals surface area contributed by atoms with E-state index in [0.29, 0.717) is 21.6 Å². The van der Waals surface area contributed by atoms with E-state index in [4.69, 9.17) is 17.3 Å². The first kappa shape index (κ1) is 18.4. The third kappa shape index (κ3) is 3.99. The highest BCUT2D eigenvalue weighted by molar-refractivity contribution is 7.71. The fourth-order valence-electron chi connectivity index (χ4n) is 3.46. The Balaban J connectivity index is 1.86. The van der Waals surface area contributed by atoms with E-state index in [2.05, 4.69) is 4.98 Å². The lowest BCUT2D eigenvalue weighted by Gasteiger charge is -2.14. The van der Waals surface area contributed by atoms with Crippen LogP contribution in [0.1, 0.15) is 48.0 Å². The van der Waals surface area contributed by atoms with Crippen LogP contribution in [0.5, 0.6) is 0 Å². The molecule has 2 aromatic carbocycles. The van der Waals surface area contributed by atoms with Crippen molar-refractivity contribution in [3.05, 3.63) is 82.8 Å². The second-order valence-corrected chi connectivity index (χ2v) is 7.28. The quantitative estimate of drug-likeness (QED) is 0.427. The lowest BCUT2D eigenvalue weighted by atomic mass is 9.99. The molecular weight excluding hydrogens is 366 g/mol. The smallest absolute Gasteiger partial charge is 0.220 e. The van der Waals surface area contributed by atoms with E-state index in [0.717, 1.165) is 37.0 Å². The zero-order chi connectivity index (χ0) is 19.3. The van der Waals surface area contributed by atoms with Gasteiger partial charge >= 0.3 is 0 Å². The summed E-state index contributed by atoms with van der Waals surface area (Å²) in [6.07, 6.45) is 7.24. The van der Waals surface area contributed by atoms with Crippen LogP contribution in [0.15, 0.2) is 72.0 Å². The molecule has 0 radical (unpaired) electrons. The van der Waals surface area contributed by atoms with Gasteiger partial charge in [-0.2, -0.15) is 5.10 Å². The molecule has 4 rings (SSSR count). The van der Waals surface area contributed by atoms with Crippen molar-refractivity contribution in [3.63, 3.8) is 0 Å². The van der Waals surface area contributed by atoms with Crippen molar-refractivity contribution in [3.8, 4) is 11.3 Å². The monoisotopic (exact) mass is 387 g/mol. The molecule has 1 aromatic heterocycles. The second-order valence-electron chi connectivity index (χ2n) is 6.92. The molecule has 0 bridgehead atoms. The SMILES string of the molecule is O=C(c1ccccc1)c1cn(N=C2CCCCC2)c(=S)nc1-c1ccccc1. The van der Waals surface area contributed by atoms with Gasteiger partial charge in [0.15, 0.2) is 5.78 Å². The topological polar surface area (TPSA) is 47.2 Å². The largest absolute Gasteiger partial charge is 0.288 e. The average molecular weight is 388 g/mol. The van der Waals surface area contributed by atoms with Gasteiger partial charge in [-0.25, -0.2) is 9.66 Å². The van der Waals surface area contributed by atoms with Gasteiger partial charge < -0.3 is 0 Å². The van der Waals surface area contributed by atoms with Crippen LogP contribution in [0.25, 0.3) is 11.3 Å². The van der Waals surface area contributed by atoms with Gasteiger partial charge in [0.05, 0.1) is 11.3 Å². The van der Waals surface area contributed by atoms with Gasteiger partial charge in [0.1, 0.15) is 0 Å². The molecule has 5 heteroatoms. The molecule has 1 saturated carbocycles. The molecule has 0 atom stereocenters. The first-order chi connectivity index (χ1) is 13.7. The molecule has 4 nitrogen and oxygen atoms in total. The van der Waals surface area contributed by atoms with Gasteiger partial charge in [0, 0.05) is 23.0 Å². The average Bonchev–Trinajstić information content (AvgIpc) is 2.76. The first-order valence-corrected chi connectivity index (χ1v) is 9.99. The minimum atomic E-state index is -0.0838. The van der Waals surface area contributed by atoms with E-state index in [1.807, 2.05) is 60.7 Å². The van der Waals surface area contributed by atoms with Gasteiger partial charge in [-0.15, -0.1) is 0 Å².